The number of piperidine rings is 1. The van der Waals surface area contributed by atoms with Gasteiger partial charge in [0.15, 0.2) is 9.84 Å². The molecular formula is C34H41N3O5S. The first kappa shape index (κ1) is 30.6. The van der Waals surface area contributed by atoms with E-state index in [1.165, 1.54) is 5.56 Å². The summed E-state index contributed by atoms with van der Waals surface area (Å²) in [5.41, 5.74) is 3.83. The molecule has 3 aromatic carbocycles. The molecule has 0 unspecified atom stereocenters. The molecule has 8 nitrogen and oxygen atoms in total. The lowest BCUT2D eigenvalue weighted by Gasteiger charge is -2.41. The Balaban J connectivity index is 1.03. The van der Waals surface area contributed by atoms with Crippen molar-refractivity contribution in [1.82, 2.24) is 4.90 Å². The molecule has 2 amide bonds. The number of para-hydroxylation sites is 1. The minimum absolute atomic E-state index is 0.00654. The lowest BCUT2D eigenvalue weighted by atomic mass is 9.95. The molecule has 2 aliphatic rings. The SMILES string of the molecule is CN(C)c1ccc(S(=O)(=O)CCCCCOc2ccc(C(=O)N3CCC(N4C(=O)CCc5ccccc54)CC3)cc2)cc1. The number of carbonyl (C=O) groups is 2. The van der Waals surface area contributed by atoms with E-state index in [0.717, 1.165) is 43.5 Å². The van der Waals surface area contributed by atoms with E-state index >= 15 is 0 Å². The standard InChI is InChI=1S/C34H41N3O5S/c1-35(2)28-13-17-31(18-14-28)43(40,41)25-7-3-6-24-42-30-15-10-27(11-16-30)34(39)36-22-20-29(21-23-36)37-32-9-5-4-8-26(32)12-19-33(37)38/h4-5,8-11,13-18,29H,3,6-7,12,19-25H2,1-2H3. The van der Waals surface area contributed by atoms with Crippen LogP contribution in [-0.4, -0.2) is 70.7 Å². The van der Waals surface area contributed by atoms with Crippen molar-refractivity contribution in [3.05, 3.63) is 83.9 Å². The van der Waals surface area contributed by atoms with Crippen molar-refractivity contribution >= 4 is 33.0 Å². The van der Waals surface area contributed by atoms with Crippen LogP contribution in [0.2, 0.25) is 0 Å². The molecule has 0 spiro atoms. The number of rotatable bonds is 11. The molecule has 0 atom stereocenters. The van der Waals surface area contributed by atoms with Gasteiger partial charge in [-0.25, -0.2) is 8.42 Å². The van der Waals surface area contributed by atoms with Crippen LogP contribution in [0.1, 0.15) is 54.4 Å². The molecular weight excluding hydrogens is 562 g/mol. The number of unbranched alkanes of at least 4 members (excludes halogenated alkanes) is 2. The predicted octanol–water partition coefficient (Wildman–Crippen LogP) is 5.36. The summed E-state index contributed by atoms with van der Waals surface area (Å²) in [4.78, 5) is 32.1. The number of aryl methyl sites for hydroxylation is 1. The third kappa shape index (κ3) is 7.39. The highest BCUT2D eigenvalue weighted by atomic mass is 32.2. The van der Waals surface area contributed by atoms with Gasteiger partial charge in [0.05, 0.1) is 17.3 Å². The fourth-order valence-electron chi connectivity index (χ4n) is 5.89. The first-order chi connectivity index (χ1) is 20.7. The summed E-state index contributed by atoms with van der Waals surface area (Å²) in [5.74, 6) is 0.971. The van der Waals surface area contributed by atoms with E-state index < -0.39 is 9.84 Å². The van der Waals surface area contributed by atoms with Gasteiger partial charge in [-0.1, -0.05) is 18.2 Å². The Bertz CT molecular complexity index is 1510. The number of ether oxygens (including phenoxy) is 1. The minimum atomic E-state index is -3.30. The summed E-state index contributed by atoms with van der Waals surface area (Å²) in [6.07, 6.45) is 4.92. The van der Waals surface area contributed by atoms with Crippen molar-refractivity contribution in [3.8, 4) is 5.75 Å². The average molecular weight is 604 g/mol. The highest BCUT2D eigenvalue weighted by molar-refractivity contribution is 7.91. The number of fused-ring (bicyclic) bond motifs is 1. The monoisotopic (exact) mass is 603 g/mol. The van der Waals surface area contributed by atoms with Gasteiger partial charge in [-0.2, -0.15) is 0 Å². The van der Waals surface area contributed by atoms with E-state index in [9.17, 15) is 18.0 Å². The van der Waals surface area contributed by atoms with Crippen LogP contribution in [0.4, 0.5) is 11.4 Å². The van der Waals surface area contributed by atoms with Crippen molar-refractivity contribution in [2.45, 2.75) is 55.9 Å². The van der Waals surface area contributed by atoms with E-state index in [4.69, 9.17) is 4.74 Å². The normalized spacial score (nSPS) is 15.7. The zero-order valence-corrected chi connectivity index (χ0v) is 25.9. The summed E-state index contributed by atoms with van der Waals surface area (Å²) in [5, 5.41) is 0. The topological polar surface area (TPSA) is 87.2 Å². The molecule has 1 saturated heterocycles. The van der Waals surface area contributed by atoms with Gasteiger partial charge in [-0.15, -0.1) is 0 Å². The fraction of sp³-hybridized carbons (Fsp3) is 0.412. The molecule has 0 bridgehead atoms. The van der Waals surface area contributed by atoms with Crippen molar-refractivity contribution < 1.29 is 22.7 Å². The molecule has 1 fully saturated rings. The average Bonchev–Trinajstić information content (AvgIpc) is 3.03. The molecule has 43 heavy (non-hydrogen) atoms. The number of carbonyl (C=O) groups excluding carboxylic acids is 2. The van der Waals surface area contributed by atoms with Crippen LogP contribution in [0.25, 0.3) is 0 Å². The number of anilines is 2. The zero-order valence-electron chi connectivity index (χ0n) is 25.1. The molecule has 2 aliphatic heterocycles. The lowest BCUT2D eigenvalue weighted by molar-refractivity contribution is -0.119. The van der Waals surface area contributed by atoms with Crippen molar-refractivity contribution in [2.75, 3.05) is 49.3 Å². The van der Waals surface area contributed by atoms with Gasteiger partial charge in [0.1, 0.15) is 5.75 Å². The number of hydrogen-bond donors (Lipinski definition) is 0. The van der Waals surface area contributed by atoms with E-state index in [1.54, 1.807) is 24.3 Å². The Labute approximate surface area is 255 Å². The van der Waals surface area contributed by atoms with Gasteiger partial charge in [-0.3, -0.25) is 9.59 Å². The van der Waals surface area contributed by atoms with Crippen LogP contribution in [0.3, 0.4) is 0 Å². The van der Waals surface area contributed by atoms with Crippen LogP contribution >= 0.6 is 0 Å². The van der Waals surface area contributed by atoms with Crippen LogP contribution in [0.15, 0.2) is 77.7 Å². The molecule has 0 aromatic heterocycles. The van der Waals surface area contributed by atoms with Gasteiger partial charge < -0.3 is 19.4 Å². The Morgan fingerprint density at radius 2 is 1.58 bits per heavy atom. The van der Waals surface area contributed by atoms with E-state index in [1.807, 2.05) is 71.3 Å². The summed E-state index contributed by atoms with van der Waals surface area (Å²) < 4.78 is 31.1. The smallest absolute Gasteiger partial charge is 0.253 e. The zero-order chi connectivity index (χ0) is 30.4. The molecule has 3 aromatic rings. The Morgan fingerprint density at radius 3 is 2.28 bits per heavy atom. The van der Waals surface area contributed by atoms with Crippen LogP contribution < -0.4 is 14.5 Å². The minimum Gasteiger partial charge on any atom is -0.494 e. The number of benzene rings is 3. The molecule has 5 rings (SSSR count). The summed E-state index contributed by atoms with van der Waals surface area (Å²) in [6, 6.07) is 22.4. The lowest BCUT2D eigenvalue weighted by Crippen LogP contribution is -2.50. The van der Waals surface area contributed by atoms with Gasteiger partial charge in [0, 0.05) is 56.6 Å². The summed E-state index contributed by atoms with van der Waals surface area (Å²) in [6.45, 7) is 1.71. The van der Waals surface area contributed by atoms with E-state index in [0.29, 0.717) is 48.7 Å². The van der Waals surface area contributed by atoms with Gasteiger partial charge in [0.2, 0.25) is 5.91 Å². The second-order valence-corrected chi connectivity index (χ2v) is 13.7. The largest absolute Gasteiger partial charge is 0.494 e. The van der Waals surface area contributed by atoms with Gasteiger partial charge in [0.25, 0.3) is 5.91 Å². The summed E-state index contributed by atoms with van der Waals surface area (Å²) in [7, 11) is 0.542. The Hall–Kier alpha value is -3.85. The number of hydrogen-bond acceptors (Lipinski definition) is 6. The molecule has 0 N–H and O–H groups in total. The van der Waals surface area contributed by atoms with Crippen molar-refractivity contribution in [3.63, 3.8) is 0 Å². The Morgan fingerprint density at radius 1 is 0.884 bits per heavy atom. The number of likely N-dealkylation sites (tertiary alicyclic amines) is 1. The highest BCUT2D eigenvalue weighted by Crippen LogP contribution is 2.32. The third-order valence-corrected chi connectivity index (χ3v) is 10.2. The maximum absolute atomic E-state index is 13.2. The second kappa shape index (κ2) is 13.6. The second-order valence-electron chi connectivity index (χ2n) is 11.6. The van der Waals surface area contributed by atoms with Crippen LogP contribution in [0.5, 0.6) is 5.75 Å². The number of amides is 2. The maximum Gasteiger partial charge on any atom is 0.253 e. The molecule has 9 heteroatoms. The van der Waals surface area contributed by atoms with Gasteiger partial charge in [-0.05, 0) is 98.7 Å². The first-order valence-corrected chi connectivity index (χ1v) is 16.8. The third-order valence-electron chi connectivity index (χ3n) is 8.38. The van der Waals surface area contributed by atoms with Crippen molar-refractivity contribution in [2.24, 2.45) is 0 Å². The highest BCUT2D eigenvalue weighted by Gasteiger charge is 2.33. The quantitative estimate of drug-likeness (QED) is 0.274. The van der Waals surface area contributed by atoms with Crippen molar-refractivity contribution in [1.29, 1.82) is 0 Å². The Kier molecular flexibility index (Phi) is 9.70. The number of sulfone groups is 1. The van der Waals surface area contributed by atoms with Gasteiger partial charge >= 0.3 is 0 Å². The molecule has 0 saturated carbocycles. The molecule has 2 heterocycles. The first-order valence-electron chi connectivity index (χ1n) is 15.2. The van der Waals surface area contributed by atoms with Crippen LogP contribution in [0, 0.1) is 0 Å². The molecule has 0 radical (unpaired) electrons. The van der Waals surface area contributed by atoms with E-state index in [2.05, 4.69) is 6.07 Å². The molecule has 228 valence electrons. The fourth-order valence-corrected chi connectivity index (χ4v) is 7.26. The summed E-state index contributed by atoms with van der Waals surface area (Å²) >= 11 is 0. The number of nitrogens with zero attached hydrogens (tertiary/aromatic N) is 3. The molecule has 0 aliphatic carbocycles. The maximum atomic E-state index is 13.2. The predicted molar refractivity (Wildman–Crippen MR) is 170 cm³/mol. The van der Waals surface area contributed by atoms with E-state index in [-0.39, 0.29) is 23.6 Å². The van der Waals surface area contributed by atoms with Crippen LogP contribution in [-0.2, 0) is 21.1 Å².